The topological polar surface area (TPSA) is 88.2 Å². The van der Waals surface area contributed by atoms with Crippen LogP contribution in [0.5, 0.6) is 0 Å². The van der Waals surface area contributed by atoms with Gasteiger partial charge in [0.25, 0.3) is 0 Å². The first-order valence-electron chi connectivity index (χ1n) is 7.75. The molecule has 1 aliphatic carbocycles. The van der Waals surface area contributed by atoms with E-state index >= 15 is 0 Å². The summed E-state index contributed by atoms with van der Waals surface area (Å²) in [4.78, 5) is 3.88. The molecule has 0 atom stereocenters. The highest BCUT2D eigenvalue weighted by Gasteiger charge is 2.10. The molecule has 4 heteroatoms. The zero-order valence-corrected chi connectivity index (χ0v) is 13.4. The summed E-state index contributed by atoms with van der Waals surface area (Å²) in [6.45, 7) is 4.06. The average molecular weight is 316 g/mol. The molecule has 0 aromatic heterocycles. The Morgan fingerprint density at radius 3 is 2.38 bits per heavy atom. The highest BCUT2D eigenvalue weighted by atomic mass is 14.7. The van der Waals surface area contributed by atoms with Gasteiger partial charge in [0.2, 0.25) is 0 Å². The highest BCUT2D eigenvalue weighted by Crippen LogP contribution is 2.33. The number of nitrogens with two attached hydrogens (primary N) is 2. The second kappa shape index (κ2) is 6.54. The molecule has 0 aliphatic heterocycles. The fourth-order valence-corrected chi connectivity index (χ4v) is 2.84. The van der Waals surface area contributed by atoms with Crippen LogP contribution in [-0.2, 0) is 6.54 Å². The summed E-state index contributed by atoms with van der Waals surface area (Å²) in [5.41, 5.74) is 19.5. The molecule has 0 radical (unpaired) electrons. The van der Waals surface area contributed by atoms with E-state index in [0.29, 0.717) is 30.1 Å². The van der Waals surface area contributed by atoms with Crippen LogP contribution in [0.2, 0.25) is 0 Å². The Labute approximate surface area is 141 Å². The SMILES string of the molecule is C=NCc1ccc(-c2ccc(C3=CCC(=N)C=C3)c(N)c2)c(N)c1. The Kier molecular flexibility index (Phi) is 4.29. The summed E-state index contributed by atoms with van der Waals surface area (Å²) < 4.78 is 0. The number of rotatable bonds is 4. The van der Waals surface area contributed by atoms with E-state index in [2.05, 4.69) is 11.7 Å². The Morgan fingerprint density at radius 1 is 1.00 bits per heavy atom. The normalized spacial score (nSPS) is 13.7. The van der Waals surface area contributed by atoms with E-state index in [9.17, 15) is 0 Å². The fourth-order valence-electron chi connectivity index (χ4n) is 2.84. The molecular formula is C20H20N4. The number of anilines is 2. The predicted molar refractivity (Wildman–Crippen MR) is 103 cm³/mol. The van der Waals surface area contributed by atoms with Crippen LogP contribution in [0.15, 0.2) is 59.6 Å². The van der Waals surface area contributed by atoms with Gasteiger partial charge in [0.1, 0.15) is 0 Å². The maximum Gasteiger partial charge on any atom is 0.0633 e. The van der Waals surface area contributed by atoms with Crippen LogP contribution < -0.4 is 11.5 Å². The number of nitrogen functional groups attached to an aromatic ring is 2. The molecule has 0 bridgehead atoms. The smallest absolute Gasteiger partial charge is 0.0633 e. The molecule has 0 heterocycles. The molecule has 0 fully saturated rings. The van der Waals surface area contributed by atoms with Gasteiger partial charge in [-0.3, -0.25) is 4.99 Å². The minimum atomic E-state index is 0.557. The van der Waals surface area contributed by atoms with Gasteiger partial charge >= 0.3 is 0 Å². The third kappa shape index (κ3) is 3.13. The number of benzene rings is 2. The average Bonchev–Trinajstić information content (AvgIpc) is 2.56. The van der Waals surface area contributed by atoms with Gasteiger partial charge in [-0.2, -0.15) is 0 Å². The zero-order chi connectivity index (χ0) is 17.1. The molecule has 2 aromatic rings. The van der Waals surface area contributed by atoms with Gasteiger partial charge in [-0.1, -0.05) is 36.4 Å². The standard InChI is InChI=1S/C20H20N4/c1-24-12-13-2-8-18(19(22)10-13)15-5-9-17(20(23)11-15)14-3-6-16(21)7-4-14/h2-6,8-11,21H,1,7,12,22-23H2. The van der Waals surface area contributed by atoms with E-state index in [1.165, 1.54) is 0 Å². The van der Waals surface area contributed by atoms with Crippen molar-refractivity contribution < 1.29 is 0 Å². The summed E-state index contributed by atoms with van der Waals surface area (Å²) in [5.74, 6) is 0. The lowest BCUT2D eigenvalue weighted by molar-refractivity contribution is 1.08. The van der Waals surface area contributed by atoms with Crippen molar-refractivity contribution in [1.29, 1.82) is 5.41 Å². The van der Waals surface area contributed by atoms with Crippen LogP contribution in [0.4, 0.5) is 11.4 Å². The van der Waals surface area contributed by atoms with Crippen LogP contribution in [-0.4, -0.2) is 12.4 Å². The minimum Gasteiger partial charge on any atom is -0.398 e. The van der Waals surface area contributed by atoms with Crippen molar-refractivity contribution in [2.24, 2.45) is 4.99 Å². The summed E-state index contributed by atoms with van der Waals surface area (Å²) in [5, 5.41) is 7.62. The Hall–Kier alpha value is -3.14. The van der Waals surface area contributed by atoms with Crippen LogP contribution in [0.1, 0.15) is 17.5 Å². The van der Waals surface area contributed by atoms with Crippen molar-refractivity contribution in [2.45, 2.75) is 13.0 Å². The first-order chi connectivity index (χ1) is 11.6. The quantitative estimate of drug-likeness (QED) is 0.586. The summed E-state index contributed by atoms with van der Waals surface area (Å²) >= 11 is 0. The molecule has 1 aliphatic rings. The van der Waals surface area contributed by atoms with Crippen molar-refractivity contribution in [2.75, 3.05) is 11.5 Å². The Morgan fingerprint density at radius 2 is 1.75 bits per heavy atom. The molecule has 2 aromatic carbocycles. The van der Waals surface area contributed by atoms with Crippen LogP contribution in [0, 0.1) is 5.41 Å². The molecule has 4 nitrogen and oxygen atoms in total. The van der Waals surface area contributed by atoms with Gasteiger partial charge in [-0.05, 0) is 41.6 Å². The minimum absolute atomic E-state index is 0.557. The molecule has 0 unspecified atom stereocenters. The Balaban J connectivity index is 1.94. The second-order valence-electron chi connectivity index (χ2n) is 5.83. The first kappa shape index (κ1) is 15.7. The summed E-state index contributed by atoms with van der Waals surface area (Å²) in [7, 11) is 0. The molecule has 5 N–H and O–H groups in total. The largest absolute Gasteiger partial charge is 0.398 e. The van der Waals surface area contributed by atoms with E-state index in [-0.39, 0.29) is 0 Å². The molecule has 3 rings (SSSR count). The van der Waals surface area contributed by atoms with E-state index in [1.54, 1.807) is 0 Å². The fraction of sp³-hybridized carbons (Fsp3) is 0.100. The number of allylic oxidation sites excluding steroid dienone is 4. The number of nitrogens with zero attached hydrogens (tertiary/aromatic N) is 1. The molecule has 0 saturated carbocycles. The van der Waals surface area contributed by atoms with Crippen molar-refractivity contribution in [3.8, 4) is 11.1 Å². The lowest BCUT2D eigenvalue weighted by atomic mass is 9.94. The lowest BCUT2D eigenvalue weighted by Crippen LogP contribution is -1.99. The van der Waals surface area contributed by atoms with Crippen molar-refractivity contribution in [1.82, 2.24) is 0 Å². The van der Waals surface area contributed by atoms with Gasteiger partial charge in [0.05, 0.1) is 6.54 Å². The van der Waals surface area contributed by atoms with Crippen molar-refractivity contribution in [3.05, 3.63) is 65.8 Å². The zero-order valence-electron chi connectivity index (χ0n) is 13.4. The van der Waals surface area contributed by atoms with E-state index in [1.807, 2.05) is 54.6 Å². The summed E-state index contributed by atoms with van der Waals surface area (Å²) in [6.07, 6.45) is 6.41. The van der Waals surface area contributed by atoms with Gasteiger partial charge in [-0.15, -0.1) is 0 Å². The molecule has 24 heavy (non-hydrogen) atoms. The molecule has 0 saturated heterocycles. The number of nitrogens with one attached hydrogen (secondary N) is 1. The van der Waals surface area contributed by atoms with Crippen molar-refractivity contribution >= 4 is 29.4 Å². The Bertz CT molecular complexity index is 875. The molecular weight excluding hydrogens is 296 g/mol. The van der Waals surface area contributed by atoms with Crippen molar-refractivity contribution in [3.63, 3.8) is 0 Å². The van der Waals surface area contributed by atoms with Gasteiger partial charge < -0.3 is 16.9 Å². The molecule has 0 amide bonds. The lowest BCUT2D eigenvalue weighted by Gasteiger charge is -2.13. The number of aliphatic imine (C=N–C) groups is 1. The molecule has 0 spiro atoms. The van der Waals surface area contributed by atoms with E-state index in [4.69, 9.17) is 16.9 Å². The number of hydrogen-bond acceptors (Lipinski definition) is 4. The maximum absolute atomic E-state index is 7.62. The number of hydrogen-bond donors (Lipinski definition) is 3. The third-order valence-electron chi connectivity index (χ3n) is 4.09. The monoisotopic (exact) mass is 316 g/mol. The third-order valence-corrected chi connectivity index (χ3v) is 4.09. The van der Waals surface area contributed by atoms with Crippen LogP contribution >= 0.6 is 0 Å². The van der Waals surface area contributed by atoms with Gasteiger partial charge in [0, 0.05) is 34.6 Å². The van der Waals surface area contributed by atoms with Gasteiger partial charge in [0.15, 0.2) is 0 Å². The second-order valence-corrected chi connectivity index (χ2v) is 5.83. The first-order valence-corrected chi connectivity index (χ1v) is 7.75. The van der Waals surface area contributed by atoms with Crippen LogP contribution in [0.3, 0.4) is 0 Å². The van der Waals surface area contributed by atoms with Crippen LogP contribution in [0.25, 0.3) is 16.7 Å². The highest BCUT2D eigenvalue weighted by molar-refractivity contribution is 6.00. The summed E-state index contributed by atoms with van der Waals surface area (Å²) in [6, 6.07) is 11.9. The maximum atomic E-state index is 7.62. The predicted octanol–water partition coefficient (Wildman–Crippen LogP) is 4.08. The van der Waals surface area contributed by atoms with Gasteiger partial charge in [-0.25, -0.2) is 0 Å². The molecule has 120 valence electrons. The van der Waals surface area contributed by atoms with E-state index in [0.717, 1.165) is 27.8 Å². The van der Waals surface area contributed by atoms with E-state index < -0.39 is 0 Å².